The van der Waals surface area contributed by atoms with Crippen molar-refractivity contribution in [1.29, 1.82) is 0 Å². The van der Waals surface area contributed by atoms with E-state index in [1.807, 2.05) is 23.6 Å². The first-order valence-electron chi connectivity index (χ1n) is 7.88. The van der Waals surface area contributed by atoms with E-state index in [0.717, 1.165) is 10.6 Å². The standard InChI is InChI=1S/C17H14N6O3S/c1-22-14(17(25)26-2)11(9-19-22)21-16(24)10-8-20-23-12(5-6-18-15(10)23)13-4-3-7-27-13/h3-9H,1-2H3,(H,21,24). The molecule has 1 amide bonds. The van der Waals surface area contributed by atoms with Crippen LogP contribution >= 0.6 is 11.3 Å². The van der Waals surface area contributed by atoms with Crippen LogP contribution < -0.4 is 5.32 Å². The molecule has 0 aromatic carbocycles. The van der Waals surface area contributed by atoms with Crippen molar-refractivity contribution in [2.24, 2.45) is 7.05 Å². The maximum Gasteiger partial charge on any atom is 0.358 e. The topological polar surface area (TPSA) is 103 Å². The van der Waals surface area contributed by atoms with E-state index in [4.69, 9.17) is 4.74 Å². The fourth-order valence-corrected chi connectivity index (χ4v) is 3.46. The molecule has 27 heavy (non-hydrogen) atoms. The molecule has 4 rings (SSSR count). The number of nitrogens with zero attached hydrogens (tertiary/aromatic N) is 5. The van der Waals surface area contributed by atoms with Crippen molar-refractivity contribution in [3.63, 3.8) is 0 Å². The number of esters is 1. The smallest absolute Gasteiger partial charge is 0.358 e. The molecule has 1 N–H and O–H groups in total. The molecule has 0 unspecified atom stereocenters. The number of rotatable bonds is 4. The van der Waals surface area contributed by atoms with E-state index in [1.54, 1.807) is 29.1 Å². The summed E-state index contributed by atoms with van der Waals surface area (Å²) < 4.78 is 7.69. The maximum absolute atomic E-state index is 12.8. The zero-order valence-corrected chi connectivity index (χ0v) is 15.2. The summed E-state index contributed by atoms with van der Waals surface area (Å²) in [7, 11) is 2.86. The number of methoxy groups -OCH3 is 1. The highest BCUT2D eigenvalue weighted by Crippen LogP contribution is 2.25. The molecule has 0 aliphatic rings. The van der Waals surface area contributed by atoms with Crippen LogP contribution in [0.5, 0.6) is 0 Å². The van der Waals surface area contributed by atoms with Crippen molar-refractivity contribution in [3.8, 4) is 10.6 Å². The summed E-state index contributed by atoms with van der Waals surface area (Å²) in [6, 6.07) is 5.75. The van der Waals surface area contributed by atoms with E-state index < -0.39 is 11.9 Å². The van der Waals surface area contributed by atoms with Crippen molar-refractivity contribution in [3.05, 3.63) is 53.4 Å². The predicted octanol–water partition coefficient (Wildman–Crippen LogP) is 2.23. The normalized spacial score (nSPS) is 10.9. The number of carbonyl (C=O) groups excluding carboxylic acids is 2. The molecule has 0 saturated heterocycles. The van der Waals surface area contributed by atoms with E-state index in [-0.39, 0.29) is 16.9 Å². The molecule has 136 valence electrons. The number of thiophene rings is 1. The highest BCUT2D eigenvalue weighted by Gasteiger charge is 2.22. The van der Waals surface area contributed by atoms with Crippen molar-refractivity contribution in [2.45, 2.75) is 0 Å². The minimum absolute atomic E-state index is 0.148. The van der Waals surface area contributed by atoms with Crippen LogP contribution in [0.1, 0.15) is 20.8 Å². The largest absolute Gasteiger partial charge is 0.464 e. The summed E-state index contributed by atoms with van der Waals surface area (Å²) in [5, 5.41) is 12.9. The van der Waals surface area contributed by atoms with Crippen LogP contribution in [0.4, 0.5) is 5.69 Å². The average molecular weight is 382 g/mol. The Morgan fingerprint density at radius 2 is 2.07 bits per heavy atom. The van der Waals surface area contributed by atoms with E-state index >= 15 is 0 Å². The van der Waals surface area contributed by atoms with Gasteiger partial charge in [0.25, 0.3) is 5.91 Å². The Bertz CT molecular complexity index is 1150. The van der Waals surface area contributed by atoms with E-state index in [2.05, 4.69) is 20.5 Å². The molecule has 4 aromatic rings. The lowest BCUT2D eigenvalue weighted by Gasteiger charge is -2.06. The van der Waals surface area contributed by atoms with Crippen LogP contribution in [0, 0.1) is 0 Å². The van der Waals surface area contributed by atoms with Gasteiger partial charge >= 0.3 is 5.97 Å². The van der Waals surface area contributed by atoms with Crippen LogP contribution in [0.2, 0.25) is 0 Å². The Balaban J connectivity index is 1.71. The zero-order valence-electron chi connectivity index (χ0n) is 14.4. The van der Waals surface area contributed by atoms with E-state index in [1.165, 1.54) is 24.2 Å². The second-order valence-electron chi connectivity index (χ2n) is 5.58. The summed E-state index contributed by atoms with van der Waals surface area (Å²) in [5.74, 6) is -1.04. The van der Waals surface area contributed by atoms with Gasteiger partial charge < -0.3 is 10.1 Å². The predicted molar refractivity (Wildman–Crippen MR) is 98.8 cm³/mol. The third-order valence-electron chi connectivity index (χ3n) is 3.99. The van der Waals surface area contributed by atoms with Gasteiger partial charge in [0, 0.05) is 13.2 Å². The summed E-state index contributed by atoms with van der Waals surface area (Å²) in [6.07, 6.45) is 4.47. The van der Waals surface area contributed by atoms with Gasteiger partial charge in [-0.25, -0.2) is 14.3 Å². The first-order chi connectivity index (χ1) is 13.1. The number of hydrogen-bond donors (Lipinski definition) is 1. The molecule has 9 nitrogen and oxygen atoms in total. The highest BCUT2D eigenvalue weighted by atomic mass is 32.1. The fraction of sp³-hybridized carbons (Fsp3) is 0.118. The Morgan fingerprint density at radius 1 is 1.22 bits per heavy atom. The minimum Gasteiger partial charge on any atom is -0.464 e. The van der Waals surface area contributed by atoms with Gasteiger partial charge in [-0.2, -0.15) is 10.2 Å². The number of fused-ring (bicyclic) bond motifs is 1. The Morgan fingerprint density at radius 3 is 2.81 bits per heavy atom. The third kappa shape index (κ3) is 2.85. The molecule has 10 heteroatoms. The molecule has 0 aliphatic heterocycles. The zero-order chi connectivity index (χ0) is 19.0. The molecular weight excluding hydrogens is 368 g/mol. The van der Waals surface area contributed by atoms with Gasteiger partial charge in [0.1, 0.15) is 5.56 Å². The van der Waals surface area contributed by atoms with Gasteiger partial charge in [-0.05, 0) is 17.5 Å². The van der Waals surface area contributed by atoms with Gasteiger partial charge in [0.05, 0.1) is 35.8 Å². The molecule has 0 bridgehead atoms. The number of nitrogens with one attached hydrogen (secondary N) is 1. The average Bonchev–Trinajstić information content (AvgIpc) is 3.40. The molecule has 0 atom stereocenters. The van der Waals surface area contributed by atoms with Gasteiger partial charge in [-0.3, -0.25) is 9.48 Å². The Labute approximate surface area is 157 Å². The number of anilines is 1. The van der Waals surface area contributed by atoms with Crippen LogP contribution in [-0.4, -0.2) is 43.4 Å². The molecule has 0 radical (unpaired) electrons. The number of carbonyl (C=O) groups is 2. The molecule has 0 saturated carbocycles. The molecule has 0 fully saturated rings. The van der Waals surface area contributed by atoms with Gasteiger partial charge in [0.15, 0.2) is 11.3 Å². The van der Waals surface area contributed by atoms with Crippen molar-refractivity contribution >= 4 is 34.5 Å². The second kappa shape index (κ2) is 6.65. The Hall–Kier alpha value is -3.53. The van der Waals surface area contributed by atoms with E-state index in [0.29, 0.717) is 5.65 Å². The van der Waals surface area contributed by atoms with Crippen LogP contribution in [-0.2, 0) is 11.8 Å². The molecule has 4 heterocycles. The number of hydrogen-bond acceptors (Lipinski definition) is 7. The van der Waals surface area contributed by atoms with Gasteiger partial charge in [-0.1, -0.05) is 6.07 Å². The third-order valence-corrected chi connectivity index (χ3v) is 4.88. The maximum atomic E-state index is 12.8. The molecular formula is C17H14N6O3S. The van der Waals surface area contributed by atoms with Gasteiger partial charge in [-0.15, -0.1) is 11.3 Å². The first-order valence-corrected chi connectivity index (χ1v) is 8.76. The lowest BCUT2D eigenvalue weighted by atomic mass is 10.2. The van der Waals surface area contributed by atoms with Crippen molar-refractivity contribution in [2.75, 3.05) is 12.4 Å². The van der Waals surface area contributed by atoms with Crippen LogP contribution in [0.25, 0.3) is 16.2 Å². The number of aryl methyl sites for hydroxylation is 1. The van der Waals surface area contributed by atoms with Crippen molar-refractivity contribution < 1.29 is 14.3 Å². The van der Waals surface area contributed by atoms with Crippen LogP contribution in [0.15, 0.2) is 42.2 Å². The number of aromatic nitrogens is 5. The Kier molecular flexibility index (Phi) is 4.16. The molecule has 4 aromatic heterocycles. The van der Waals surface area contributed by atoms with Crippen molar-refractivity contribution in [1.82, 2.24) is 24.4 Å². The van der Waals surface area contributed by atoms with E-state index in [9.17, 15) is 9.59 Å². The van der Waals surface area contributed by atoms with Crippen LogP contribution in [0.3, 0.4) is 0 Å². The highest BCUT2D eigenvalue weighted by molar-refractivity contribution is 7.13. The lowest BCUT2D eigenvalue weighted by Crippen LogP contribution is -2.16. The summed E-state index contributed by atoms with van der Waals surface area (Å²) >= 11 is 1.57. The molecule has 0 spiro atoms. The quantitative estimate of drug-likeness (QED) is 0.543. The molecule has 0 aliphatic carbocycles. The number of ether oxygens (including phenoxy) is 1. The summed E-state index contributed by atoms with van der Waals surface area (Å²) in [6.45, 7) is 0. The number of amides is 1. The first kappa shape index (κ1) is 16.9. The SMILES string of the molecule is COC(=O)c1c(NC(=O)c2cnn3c(-c4cccs4)ccnc23)cnn1C. The monoisotopic (exact) mass is 382 g/mol. The summed E-state index contributed by atoms with van der Waals surface area (Å²) in [4.78, 5) is 30.0. The summed E-state index contributed by atoms with van der Waals surface area (Å²) in [5.41, 5.74) is 1.94. The fourth-order valence-electron chi connectivity index (χ4n) is 2.72. The minimum atomic E-state index is -0.594. The second-order valence-corrected chi connectivity index (χ2v) is 6.52. The van der Waals surface area contributed by atoms with Gasteiger partial charge in [0.2, 0.25) is 0 Å². The lowest BCUT2D eigenvalue weighted by molar-refractivity contribution is 0.0589.